The number of carbonyl (C=O) groups is 2. The van der Waals surface area contributed by atoms with Crippen LogP contribution in [0.15, 0.2) is 59.7 Å². The Kier molecular flexibility index (Phi) is 6.55. The number of nitro benzene ring substituents is 1. The smallest absolute Gasteiger partial charge is 0.271 e. The number of nitro groups is 1. The molecule has 134 valence electrons. The molecule has 2 aromatic rings. The summed E-state index contributed by atoms with van der Waals surface area (Å²) in [5.74, 6) is -0.668. The molecule has 8 nitrogen and oxygen atoms in total. The van der Waals surface area contributed by atoms with Crippen LogP contribution in [0.4, 0.5) is 11.4 Å². The molecule has 0 aliphatic heterocycles. The molecule has 2 aromatic carbocycles. The summed E-state index contributed by atoms with van der Waals surface area (Å²) < 4.78 is 0. The number of nitrogens with zero attached hydrogens (tertiary/aromatic N) is 2. The number of hydrazone groups is 1. The van der Waals surface area contributed by atoms with Gasteiger partial charge in [-0.15, -0.1) is 0 Å². The van der Waals surface area contributed by atoms with E-state index in [0.29, 0.717) is 11.4 Å². The molecule has 2 N–H and O–H groups in total. The Morgan fingerprint density at radius 1 is 1.08 bits per heavy atom. The highest BCUT2D eigenvalue weighted by Crippen LogP contribution is 2.17. The maximum Gasteiger partial charge on any atom is 0.271 e. The first-order valence-electron chi connectivity index (χ1n) is 7.84. The second-order valence-corrected chi connectivity index (χ2v) is 5.58. The van der Waals surface area contributed by atoms with Crippen molar-refractivity contribution in [1.82, 2.24) is 5.43 Å². The highest BCUT2D eigenvalue weighted by molar-refractivity contribution is 6.05. The van der Waals surface area contributed by atoms with Crippen molar-refractivity contribution in [2.75, 3.05) is 5.32 Å². The molecular weight excluding hydrogens is 336 g/mol. The zero-order chi connectivity index (χ0) is 18.9. The lowest BCUT2D eigenvalue weighted by atomic mass is 10.1. The van der Waals surface area contributed by atoms with Gasteiger partial charge in [-0.2, -0.15) is 5.10 Å². The van der Waals surface area contributed by atoms with E-state index in [1.54, 1.807) is 13.0 Å². The zero-order valence-corrected chi connectivity index (χ0v) is 14.1. The van der Waals surface area contributed by atoms with Gasteiger partial charge in [-0.05, 0) is 18.6 Å². The molecule has 0 atom stereocenters. The summed E-state index contributed by atoms with van der Waals surface area (Å²) in [5, 5.41) is 17.2. The first-order valence-corrected chi connectivity index (χ1v) is 7.84. The minimum Gasteiger partial charge on any atom is -0.326 e. The molecule has 26 heavy (non-hydrogen) atoms. The number of non-ortho nitro benzene ring substituents is 1. The fourth-order valence-electron chi connectivity index (χ4n) is 2.15. The van der Waals surface area contributed by atoms with Crippen LogP contribution in [0.3, 0.4) is 0 Å². The zero-order valence-electron chi connectivity index (χ0n) is 14.1. The van der Waals surface area contributed by atoms with E-state index in [9.17, 15) is 19.7 Å². The Hall–Kier alpha value is -3.55. The topological polar surface area (TPSA) is 114 Å². The molecule has 0 bridgehead atoms. The van der Waals surface area contributed by atoms with Crippen LogP contribution in [0.1, 0.15) is 18.9 Å². The second-order valence-electron chi connectivity index (χ2n) is 5.58. The van der Waals surface area contributed by atoms with Crippen molar-refractivity contribution in [3.05, 3.63) is 70.3 Å². The first kappa shape index (κ1) is 18.8. The molecule has 0 aliphatic carbocycles. The molecule has 2 amide bonds. The average Bonchev–Trinajstić information content (AvgIpc) is 2.61. The van der Waals surface area contributed by atoms with Crippen LogP contribution in [0.2, 0.25) is 0 Å². The summed E-state index contributed by atoms with van der Waals surface area (Å²) in [5.41, 5.74) is 3.89. The molecule has 0 aromatic heterocycles. The van der Waals surface area contributed by atoms with Crippen molar-refractivity contribution in [1.29, 1.82) is 0 Å². The van der Waals surface area contributed by atoms with Crippen LogP contribution >= 0.6 is 0 Å². The van der Waals surface area contributed by atoms with E-state index < -0.39 is 4.92 Å². The Morgan fingerprint density at radius 3 is 2.50 bits per heavy atom. The molecular formula is C18H18N4O4. The third-order valence-corrected chi connectivity index (χ3v) is 3.34. The minimum atomic E-state index is -0.537. The lowest BCUT2D eigenvalue weighted by Crippen LogP contribution is -2.22. The molecule has 0 fully saturated rings. The van der Waals surface area contributed by atoms with E-state index in [4.69, 9.17) is 0 Å². The van der Waals surface area contributed by atoms with Crippen molar-refractivity contribution in [2.45, 2.75) is 19.8 Å². The van der Waals surface area contributed by atoms with Gasteiger partial charge in [-0.3, -0.25) is 19.7 Å². The summed E-state index contributed by atoms with van der Waals surface area (Å²) >= 11 is 0. The third kappa shape index (κ3) is 6.16. The molecule has 0 saturated carbocycles. The van der Waals surface area contributed by atoms with E-state index in [2.05, 4.69) is 15.8 Å². The lowest BCUT2D eigenvalue weighted by molar-refractivity contribution is -0.384. The van der Waals surface area contributed by atoms with E-state index in [1.807, 2.05) is 30.3 Å². The molecule has 0 saturated heterocycles. The number of rotatable bonds is 7. The van der Waals surface area contributed by atoms with Gasteiger partial charge >= 0.3 is 0 Å². The second kappa shape index (κ2) is 9.07. The fourth-order valence-corrected chi connectivity index (χ4v) is 2.15. The molecule has 0 aliphatic rings. The number of hydrogen-bond donors (Lipinski definition) is 2. The Labute approximate surface area is 150 Å². The fraction of sp³-hybridized carbons (Fsp3) is 0.167. The predicted molar refractivity (Wildman–Crippen MR) is 97.7 cm³/mol. The molecule has 8 heteroatoms. The minimum absolute atomic E-state index is 0.0473. The molecule has 0 spiro atoms. The van der Waals surface area contributed by atoms with E-state index >= 15 is 0 Å². The highest BCUT2D eigenvalue weighted by Gasteiger charge is 2.09. The molecule has 0 radical (unpaired) electrons. The van der Waals surface area contributed by atoms with Crippen LogP contribution in [0, 0.1) is 10.1 Å². The quantitative estimate of drug-likeness (QED) is 0.452. The molecule has 2 rings (SSSR count). The monoisotopic (exact) mass is 354 g/mol. The maximum atomic E-state index is 12.0. The van der Waals surface area contributed by atoms with Gasteiger partial charge in [0, 0.05) is 23.5 Å². The van der Waals surface area contributed by atoms with Crippen molar-refractivity contribution in [3.63, 3.8) is 0 Å². The van der Waals surface area contributed by atoms with Gasteiger partial charge in [-0.1, -0.05) is 36.4 Å². The summed E-state index contributed by atoms with van der Waals surface area (Å²) in [6.45, 7) is 1.61. The van der Waals surface area contributed by atoms with Crippen molar-refractivity contribution in [2.24, 2.45) is 5.10 Å². The predicted octanol–water partition coefficient (Wildman–Crippen LogP) is 2.66. The van der Waals surface area contributed by atoms with Crippen LogP contribution in [-0.4, -0.2) is 22.4 Å². The van der Waals surface area contributed by atoms with Gasteiger partial charge < -0.3 is 5.32 Å². The van der Waals surface area contributed by atoms with Gasteiger partial charge in [0.25, 0.3) is 5.69 Å². The number of amides is 2. The van der Waals surface area contributed by atoms with E-state index in [1.165, 1.54) is 18.2 Å². The van der Waals surface area contributed by atoms with Crippen molar-refractivity contribution in [3.8, 4) is 0 Å². The standard InChI is InChI=1S/C18H18N4O4/c1-13(20-21-18(24)11-14-6-3-2-4-7-14)10-17(23)19-15-8-5-9-16(12-15)22(25)26/h2-9,12H,10-11H2,1H3,(H,19,23)(H,21,24)/b20-13-. The Morgan fingerprint density at radius 2 is 1.81 bits per heavy atom. The summed E-state index contributed by atoms with van der Waals surface area (Å²) in [6, 6.07) is 14.9. The van der Waals surface area contributed by atoms with Gasteiger partial charge in [-0.25, -0.2) is 5.43 Å². The molecule has 0 heterocycles. The van der Waals surface area contributed by atoms with Crippen LogP contribution in [0.5, 0.6) is 0 Å². The third-order valence-electron chi connectivity index (χ3n) is 3.34. The SMILES string of the molecule is C/C(CC(=O)Nc1cccc([N+](=O)[O-])c1)=N/NC(=O)Cc1ccccc1. The van der Waals surface area contributed by atoms with Crippen molar-refractivity contribution >= 4 is 28.9 Å². The normalized spacial score (nSPS) is 10.9. The Bertz CT molecular complexity index is 834. The number of carbonyl (C=O) groups excluding carboxylic acids is 2. The van der Waals surface area contributed by atoms with Gasteiger partial charge in [0.05, 0.1) is 17.8 Å². The number of benzene rings is 2. The Balaban J connectivity index is 1.84. The van der Waals surface area contributed by atoms with Crippen LogP contribution in [0.25, 0.3) is 0 Å². The average molecular weight is 354 g/mol. The van der Waals surface area contributed by atoms with Crippen LogP contribution < -0.4 is 10.7 Å². The van der Waals surface area contributed by atoms with E-state index in [-0.39, 0.29) is 30.3 Å². The number of nitrogens with one attached hydrogen (secondary N) is 2. The summed E-state index contributed by atoms with van der Waals surface area (Å²) in [4.78, 5) is 34.0. The number of anilines is 1. The summed E-state index contributed by atoms with van der Waals surface area (Å²) in [6.07, 6.45) is 0.145. The summed E-state index contributed by atoms with van der Waals surface area (Å²) in [7, 11) is 0. The molecule has 0 unspecified atom stereocenters. The maximum absolute atomic E-state index is 12.0. The van der Waals surface area contributed by atoms with Gasteiger partial charge in [0.15, 0.2) is 0 Å². The lowest BCUT2D eigenvalue weighted by Gasteiger charge is -2.05. The first-order chi connectivity index (χ1) is 12.4. The number of hydrogen-bond acceptors (Lipinski definition) is 5. The largest absolute Gasteiger partial charge is 0.326 e. The van der Waals surface area contributed by atoms with Gasteiger partial charge in [0.2, 0.25) is 11.8 Å². The van der Waals surface area contributed by atoms with Crippen molar-refractivity contribution < 1.29 is 14.5 Å². The van der Waals surface area contributed by atoms with E-state index in [0.717, 1.165) is 5.56 Å². The van der Waals surface area contributed by atoms with Crippen LogP contribution in [-0.2, 0) is 16.0 Å². The van der Waals surface area contributed by atoms with Gasteiger partial charge in [0.1, 0.15) is 0 Å². The highest BCUT2D eigenvalue weighted by atomic mass is 16.6.